The van der Waals surface area contributed by atoms with Crippen LogP contribution in [0.25, 0.3) is 0 Å². The average molecular weight is 469 g/mol. The monoisotopic (exact) mass is 468 g/mol. The van der Waals surface area contributed by atoms with Gasteiger partial charge in [0, 0.05) is 10.0 Å². The maximum Gasteiger partial charge on any atom is 0.211 e. The number of hydrogen-bond acceptors (Lipinski definition) is 10. The summed E-state index contributed by atoms with van der Waals surface area (Å²) >= 11 is 3.54. The molecule has 3 rings (SSSR count). The molecule has 1 atom stereocenters. The minimum absolute atomic E-state index is 0.0250. The molecule has 1 aromatic carbocycles. The fraction of sp³-hybridized carbons (Fsp3) is 0.158. The number of ether oxygens (including phenoxy) is 2. The van der Waals surface area contributed by atoms with Gasteiger partial charge in [-0.3, -0.25) is 5.32 Å². The van der Waals surface area contributed by atoms with Gasteiger partial charge in [0.25, 0.3) is 0 Å². The topological polar surface area (TPSA) is 167 Å². The van der Waals surface area contributed by atoms with Crippen molar-refractivity contribution < 1.29 is 9.47 Å². The average Bonchev–Trinajstić information content (AvgIpc) is 2.72. The van der Waals surface area contributed by atoms with E-state index in [1.165, 1.54) is 7.11 Å². The number of aliphatic imine (C=N–C) groups is 1. The van der Waals surface area contributed by atoms with E-state index in [9.17, 15) is 5.26 Å². The first kappa shape index (κ1) is 20.8. The summed E-state index contributed by atoms with van der Waals surface area (Å²) in [6.07, 6.45) is 3.43. The zero-order valence-corrected chi connectivity index (χ0v) is 17.4. The van der Waals surface area contributed by atoms with Crippen molar-refractivity contribution in [3.05, 3.63) is 46.0 Å². The van der Waals surface area contributed by atoms with E-state index in [0.717, 1.165) is 0 Å². The summed E-state index contributed by atoms with van der Waals surface area (Å²) in [7, 11) is 1.51. The molecule has 1 aromatic heterocycles. The standard InChI is InChI=1S/C19H17BrN8O2/c1-3-4-30-13-6-11(20)9(5-12(13)29-2)16-14-15(23)10(7-21)17(24)27-18(14)28-19(26-16)25-8-22/h3,5-6,16H,1,4H2,2H3,(H6,23,24,25,26,27,28). The van der Waals surface area contributed by atoms with Gasteiger partial charge in [0.15, 0.2) is 17.7 Å². The van der Waals surface area contributed by atoms with Crippen LogP contribution < -0.4 is 31.6 Å². The molecular weight excluding hydrogens is 452 g/mol. The molecule has 0 radical (unpaired) electrons. The molecule has 6 N–H and O–H groups in total. The van der Waals surface area contributed by atoms with Crippen molar-refractivity contribution in [1.29, 1.82) is 10.5 Å². The minimum Gasteiger partial charge on any atom is -0.493 e. The van der Waals surface area contributed by atoms with Gasteiger partial charge in [-0.2, -0.15) is 10.5 Å². The summed E-state index contributed by atoms with van der Waals surface area (Å²) in [5.74, 6) is 1.39. The zero-order valence-electron chi connectivity index (χ0n) is 15.9. The van der Waals surface area contributed by atoms with Gasteiger partial charge >= 0.3 is 0 Å². The van der Waals surface area contributed by atoms with Crippen LogP contribution in [0.3, 0.4) is 0 Å². The lowest BCUT2D eigenvalue weighted by Gasteiger charge is -2.27. The summed E-state index contributed by atoms with van der Waals surface area (Å²) in [6.45, 7) is 3.94. The largest absolute Gasteiger partial charge is 0.493 e. The number of rotatable bonds is 5. The Bertz CT molecular complexity index is 1130. The number of methoxy groups -OCH3 is 1. The zero-order chi connectivity index (χ0) is 21.8. The van der Waals surface area contributed by atoms with Gasteiger partial charge in [-0.15, -0.1) is 0 Å². The molecule has 30 heavy (non-hydrogen) atoms. The Morgan fingerprint density at radius 1 is 1.37 bits per heavy atom. The Labute approximate surface area is 180 Å². The predicted molar refractivity (Wildman–Crippen MR) is 116 cm³/mol. The fourth-order valence-electron chi connectivity index (χ4n) is 2.99. The molecule has 2 aromatic rings. The van der Waals surface area contributed by atoms with E-state index in [-0.39, 0.29) is 23.0 Å². The maximum atomic E-state index is 9.43. The SMILES string of the molecule is C=CCOc1cc(Br)c(C2N=C(NC#N)Nc3nc(N)c(C#N)c(N)c32)cc1OC. The molecule has 0 bridgehead atoms. The lowest BCUT2D eigenvalue weighted by molar-refractivity contribution is 0.326. The summed E-state index contributed by atoms with van der Waals surface area (Å²) in [5.41, 5.74) is 13.4. The lowest BCUT2D eigenvalue weighted by Crippen LogP contribution is -2.32. The minimum atomic E-state index is -0.714. The van der Waals surface area contributed by atoms with Gasteiger partial charge in [0.1, 0.15) is 35.9 Å². The first-order chi connectivity index (χ1) is 14.4. The van der Waals surface area contributed by atoms with Crippen LogP contribution in [0.15, 0.2) is 34.3 Å². The second kappa shape index (κ2) is 8.59. The number of nitrogens with two attached hydrogens (primary N) is 2. The molecule has 0 amide bonds. The number of nitriles is 2. The number of nitrogens with zero attached hydrogens (tertiary/aromatic N) is 4. The smallest absolute Gasteiger partial charge is 0.211 e. The van der Waals surface area contributed by atoms with Crippen molar-refractivity contribution in [3.8, 4) is 23.8 Å². The number of pyridine rings is 1. The Balaban J connectivity index is 2.24. The Kier molecular flexibility index (Phi) is 5.95. The first-order valence-corrected chi connectivity index (χ1v) is 9.34. The molecular formula is C19H17BrN8O2. The molecule has 1 aliphatic heterocycles. The molecule has 1 unspecified atom stereocenters. The maximum absolute atomic E-state index is 9.43. The normalized spacial score (nSPS) is 14.3. The van der Waals surface area contributed by atoms with Crippen LogP contribution in [0, 0.1) is 22.8 Å². The Hall–Kier alpha value is -3.96. The molecule has 2 heterocycles. The van der Waals surface area contributed by atoms with E-state index in [1.54, 1.807) is 18.2 Å². The van der Waals surface area contributed by atoms with E-state index in [0.29, 0.717) is 39.5 Å². The summed E-state index contributed by atoms with van der Waals surface area (Å²) in [4.78, 5) is 8.77. The summed E-state index contributed by atoms with van der Waals surface area (Å²) < 4.78 is 11.7. The van der Waals surface area contributed by atoms with Gasteiger partial charge in [-0.25, -0.2) is 9.98 Å². The summed E-state index contributed by atoms with van der Waals surface area (Å²) in [6, 6.07) is 4.72. The van der Waals surface area contributed by atoms with Crippen molar-refractivity contribution in [1.82, 2.24) is 10.3 Å². The molecule has 0 fully saturated rings. The number of anilines is 3. The van der Waals surface area contributed by atoms with Gasteiger partial charge in [-0.05, 0) is 17.7 Å². The molecule has 152 valence electrons. The highest BCUT2D eigenvalue weighted by atomic mass is 79.9. The van der Waals surface area contributed by atoms with Crippen LogP contribution in [-0.2, 0) is 0 Å². The number of nitrogen functional groups attached to an aromatic ring is 2. The number of fused-ring (bicyclic) bond motifs is 1. The van der Waals surface area contributed by atoms with Crippen molar-refractivity contribution in [2.45, 2.75) is 6.04 Å². The summed E-state index contributed by atoms with van der Waals surface area (Å²) in [5, 5.41) is 23.8. The van der Waals surface area contributed by atoms with Crippen molar-refractivity contribution in [3.63, 3.8) is 0 Å². The van der Waals surface area contributed by atoms with Crippen molar-refractivity contribution in [2.24, 2.45) is 4.99 Å². The van der Waals surface area contributed by atoms with Crippen molar-refractivity contribution >= 4 is 39.2 Å². The van der Waals surface area contributed by atoms with Gasteiger partial charge < -0.3 is 26.3 Å². The third-order valence-corrected chi connectivity index (χ3v) is 4.98. The third kappa shape index (κ3) is 3.66. The Morgan fingerprint density at radius 2 is 2.13 bits per heavy atom. The molecule has 0 saturated heterocycles. The number of nitrogens with one attached hydrogen (secondary N) is 2. The van der Waals surface area contributed by atoms with Crippen LogP contribution >= 0.6 is 15.9 Å². The highest BCUT2D eigenvalue weighted by Crippen LogP contribution is 2.45. The van der Waals surface area contributed by atoms with Crippen LogP contribution in [0.4, 0.5) is 17.3 Å². The lowest BCUT2D eigenvalue weighted by atomic mass is 9.95. The molecule has 11 heteroatoms. The van der Waals surface area contributed by atoms with Gasteiger partial charge in [0.05, 0.1) is 12.8 Å². The van der Waals surface area contributed by atoms with Gasteiger partial charge in [-0.1, -0.05) is 28.6 Å². The number of aromatic nitrogens is 1. The third-order valence-electron chi connectivity index (χ3n) is 4.29. The number of hydrogen-bond donors (Lipinski definition) is 4. The van der Waals surface area contributed by atoms with Crippen LogP contribution in [-0.4, -0.2) is 24.7 Å². The van der Waals surface area contributed by atoms with E-state index < -0.39 is 6.04 Å². The van der Waals surface area contributed by atoms with Crippen LogP contribution in [0.1, 0.15) is 22.7 Å². The number of guanidine groups is 1. The van der Waals surface area contributed by atoms with E-state index in [2.05, 4.69) is 43.1 Å². The molecule has 10 nitrogen and oxygen atoms in total. The molecule has 0 saturated carbocycles. The Morgan fingerprint density at radius 3 is 2.77 bits per heavy atom. The van der Waals surface area contributed by atoms with Crippen LogP contribution in [0.5, 0.6) is 11.5 Å². The quantitative estimate of drug-likeness (QED) is 0.292. The highest BCUT2D eigenvalue weighted by molar-refractivity contribution is 9.10. The van der Waals surface area contributed by atoms with E-state index in [4.69, 9.17) is 26.2 Å². The van der Waals surface area contributed by atoms with E-state index in [1.807, 2.05) is 12.3 Å². The molecule has 1 aliphatic rings. The molecule has 0 aliphatic carbocycles. The van der Waals surface area contributed by atoms with Gasteiger partial charge in [0.2, 0.25) is 5.96 Å². The number of halogens is 1. The predicted octanol–water partition coefficient (Wildman–Crippen LogP) is 2.40. The molecule has 0 spiro atoms. The van der Waals surface area contributed by atoms with Crippen molar-refractivity contribution in [2.75, 3.05) is 30.5 Å². The second-order valence-electron chi connectivity index (χ2n) is 6.03. The first-order valence-electron chi connectivity index (χ1n) is 8.55. The highest BCUT2D eigenvalue weighted by Gasteiger charge is 2.31. The van der Waals surface area contributed by atoms with E-state index >= 15 is 0 Å². The number of benzene rings is 1. The fourth-order valence-corrected chi connectivity index (χ4v) is 3.53. The second-order valence-corrected chi connectivity index (χ2v) is 6.88. The van der Waals surface area contributed by atoms with Crippen LogP contribution in [0.2, 0.25) is 0 Å².